The third kappa shape index (κ3) is 2.98. The van der Waals surface area contributed by atoms with Gasteiger partial charge in [-0.3, -0.25) is 4.57 Å². The van der Waals surface area contributed by atoms with E-state index in [-0.39, 0.29) is 17.3 Å². The van der Waals surface area contributed by atoms with Gasteiger partial charge in [0.2, 0.25) is 11.8 Å². The molecule has 0 aliphatic heterocycles. The lowest BCUT2D eigenvalue weighted by Crippen LogP contribution is -2.21. The summed E-state index contributed by atoms with van der Waals surface area (Å²) in [6.07, 6.45) is 2.80. The number of nitrogens with zero attached hydrogens (tertiary/aromatic N) is 4. The fourth-order valence-electron chi connectivity index (χ4n) is 1.93. The van der Waals surface area contributed by atoms with Crippen LogP contribution in [-0.2, 0) is 20.7 Å². The lowest BCUT2D eigenvalue weighted by atomic mass is 10.3. The number of aromatic hydroxyl groups is 1. The van der Waals surface area contributed by atoms with Gasteiger partial charge in [-0.25, -0.2) is 9.87 Å². The molecular formula is C10H14N5O5P. The first-order chi connectivity index (χ1) is 9.78. The number of imidazole rings is 1. The number of aromatic nitrogens is 4. The van der Waals surface area contributed by atoms with Crippen molar-refractivity contribution in [1.29, 1.82) is 0 Å². The zero-order chi connectivity index (χ0) is 15.3. The second kappa shape index (κ2) is 4.63. The highest BCUT2D eigenvalue weighted by molar-refractivity contribution is 7.51. The standard InChI is InChI=1S/C10H14N5O5P/c1-21(17,18)20-19-10(2-3-10)4-15-5-12-6-7(15)13-9(11)14-8(6)16/h5H,2-4H2,1H3,(H,17,18)(H3,11,13,14,16). The van der Waals surface area contributed by atoms with E-state index in [1.807, 2.05) is 0 Å². The van der Waals surface area contributed by atoms with Crippen LogP contribution in [0.1, 0.15) is 12.8 Å². The summed E-state index contributed by atoms with van der Waals surface area (Å²) in [6.45, 7) is 1.35. The summed E-state index contributed by atoms with van der Waals surface area (Å²) in [5, 5.41) is 9.66. The Bertz CT molecular complexity index is 737. The molecule has 114 valence electrons. The molecule has 21 heavy (non-hydrogen) atoms. The lowest BCUT2D eigenvalue weighted by molar-refractivity contribution is -0.265. The van der Waals surface area contributed by atoms with Crippen LogP contribution in [0.15, 0.2) is 6.33 Å². The van der Waals surface area contributed by atoms with Crippen molar-refractivity contribution in [3.8, 4) is 5.88 Å². The van der Waals surface area contributed by atoms with Gasteiger partial charge in [0.15, 0.2) is 11.2 Å². The van der Waals surface area contributed by atoms with Crippen molar-refractivity contribution < 1.29 is 24.1 Å². The predicted octanol–water partition coefficient (Wildman–Crippen LogP) is 0.410. The Balaban J connectivity index is 1.84. The minimum Gasteiger partial charge on any atom is -0.492 e. The molecule has 1 saturated carbocycles. The van der Waals surface area contributed by atoms with Crippen LogP contribution in [0.5, 0.6) is 5.88 Å². The topological polar surface area (TPSA) is 146 Å². The quantitative estimate of drug-likeness (QED) is 0.405. The van der Waals surface area contributed by atoms with Gasteiger partial charge in [0.25, 0.3) is 0 Å². The van der Waals surface area contributed by atoms with E-state index in [1.54, 1.807) is 4.57 Å². The number of rotatable bonds is 5. The van der Waals surface area contributed by atoms with E-state index < -0.39 is 13.2 Å². The van der Waals surface area contributed by atoms with Gasteiger partial charge in [0.1, 0.15) is 5.60 Å². The van der Waals surface area contributed by atoms with Crippen LogP contribution in [-0.4, -0.2) is 41.8 Å². The SMILES string of the molecule is CP(=O)(O)OOC1(Cn2cnc3c(O)nc(N)nc32)CC1. The maximum absolute atomic E-state index is 11.1. The summed E-state index contributed by atoms with van der Waals surface area (Å²) in [7, 11) is -3.71. The van der Waals surface area contributed by atoms with E-state index in [1.165, 1.54) is 6.33 Å². The van der Waals surface area contributed by atoms with Crippen LogP contribution in [0.2, 0.25) is 0 Å². The summed E-state index contributed by atoms with van der Waals surface area (Å²) in [4.78, 5) is 25.8. The molecule has 2 heterocycles. The molecule has 4 N–H and O–H groups in total. The van der Waals surface area contributed by atoms with Crippen LogP contribution in [0.3, 0.4) is 0 Å². The molecule has 1 aliphatic rings. The minimum absolute atomic E-state index is 0.0721. The molecule has 2 aromatic heterocycles. The first kappa shape index (κ1) is 14.2. The van der Waals surface area contributed by atoms with Gasteiger partial charge < -0.3 is 20.3 Å². The minimum atomic E-state index is -3.71. The van der Waals surface area contributed by atoms with Gasteiger partial charge in [-0.15, -0.1) is 4.67 Å². The number of hydrogen-bond donors (Lipinski definition) is 3. The van der Waals surface area contributed by atoms with Gasteiger partial charge in [-0.05, 0) is 12.8 Å². The second-order valence-corrected chi connectivity index (χ2v) is 6.85. The van der Waals surface area contributed by atoms with Crippen molar-refractivity contribution in [1.82, 2.24) is 19.5 Å². The molecule has 10 nitrogen and oxygen atoms in total. The van der Waals surface area contributed by atoms with Crippen molar-refractivity contribution in [3.05, 3.63) is 6.33 Å². The van der Waals surface area contributed by atoms with Gasteiger partial charge in [-0.1, -0.05) is 0 Å². The molecule has 3 rings (SSSR count). The van der Waals surface area contributed by atoms with Crippen molar-refractivity contribution in [3.63, 3.8) is 0 Å². The molecule has 1 fully saturated rings. The number of hydrogen-bond acceptors (Lipinski definition) is 8. The van der Waals surface area contributed by atoms with Crippen LogP contribution in [0.25, 0.3) is 11.2 Å². The first-order valence-corrected chi connectivity index (χ1v) is 8.16. The zero-order valence-electron chi connectivity index (χ0n) is 11.1. The Morgan fingerprint density at radius 1 is 1.52 bits per heavy atom. The van der Waals surface area contributed by atoms with Crippen molar-refractivity contribution in [2.24, 2.45) is 0 Å². The zero-order valence-corrected chi connectivity index (χ0v) is 12.0. The molecule has 0 bridgehead atoms. The average molecular weight is 315 g/mol. The summed E-state index contributed by atoms with van der Waals surface area (Å²) in [6, 6.07) is 0. The Labute approximate surface area is 119 Å². The van der Waals surface area contributed by atoms with Gasteiger partial charge in [-0.2, -0.15) is 9.97 Å². The van der Waals surface area contributed by atoms with Gasteiger partial charge in [0, 0.05) is 6.66 Å². The van der Waals surface area contributed by atoms with E-state index in [9.17, 15) is 9.67 Å². The van der Waals surface area contributed by atoms with Crippen molar-refractivity contribution >= 4 is 24.7 Å². The molecule has 1 atom stereocenters. The van der Waals surface area contributed by atoms with Crippen LogP contribution in [0, 0.1) is 0 Å². The molecule has 1 aliphatic carbocycles. The smallest absolute Gasteiger partial charge is 0.352 e. The maximum atomic E-state index is 11.1. The second-order valence-electron chi connectivity index (χ2n) is 5.09. The van der Waals surface area contributed by atoms with E-state index >= 15 is 0 Å². The summed E-state index contributed by atoms with van der Waals surface area (Å²) in [5.41, 5.74) is 5.39. The molecule has 0 radical (unpaired) electrons. The third-order valence-electron chi connectivity index (χ3n) is 3.08. The highest BCUT2D eigenvalue weighted by Crippen LogP contribution is 2.47. The molecule has 2 aromatic rings. The molecule has 0 aromatic carbocycles. The Kier molecular flexibility index (Phi) is 3.14. The number of nitrogen functional groups attached to an aromatic ring is 1. The molecule has 1 unspecified atom stereocenters. The third-order valence-corrected chi connectivity index (χ3v) is 3.43. The largest absolute Gasteiger partial charge is 0.492 e. The van der Waals surface area contributed by atoms with Crippen LogP contribution in [0.4, 0.5) is 5.95 Å². The molecule has 0 saturated heterocycles. The van der Waals surface area contributed by atoms with E-state index in [0.29, 0.717) is 25.0 Å². The fourth-order valence-corrected chi connectivity index (χ4v) is 2.22. The Hall–Kier alpha value is -1.74. The monoisotopic (exact) mass is 315 g/mol. The lowest BCUT2D eigenvalue weighted by Gasteiger charge is -2.16. The molecule has 0 amide bonds. The average Bonchev–Trinajstić information content (AvgIpc) is 3.02. The highest BCUT2D eigenvalue weighted by Gasteiger charge is 2.47. The summed E-state index contributed by atoms with van der Waals surface area (Å²) in [5.74, 6) is -0.371. The summed E-state index contributed by atoms with van der Waals surface area (Å²) < 4.78 is 17.3. The molecule has 11 heteroatoms. The molecular weight excluding hydrogens is 301 g/mol. The van der Waals surface area contributed by atoms with E-state index in [0.717, 1.165) is 6.66 Å². The van der Waals surface area contributed by atoms with Crippen molar-refractivity contribution in [2.75, 3.05) is 12.4 Å². The number of fused-ring (bicyclic) bond motifs is 1. The van der Waals surface area contributed by atoms with Crippen molar-refractivity contribution in [2.45, 2.75) is 25.0 Å². The van der Waals surface area contributed by atoms with Crippen LogP contribution >= 0.6 is 7.60 Å². The van der Waals surface area contributed by atoms with E-state index in [2.05, 4.69) is 19.6 Å². The number of anilines is 1. The maximum Gasteiger partial charge on any atom is 0.352 e. The van der Waals surface area contributed by atoms with E-state index in [4.69, 9.17) is 15.5 Å². The Morgan fingerprint density at radius 3 is 2.86 bits per heavy atom. The molecule has 0 spiro atoms. The predicted molar refractivity (Wildman–Crippen MR) is 71.3 cm³/mol. The first-order valence-electron chi connectivity index (χ1n) is 6.13. The highest BCUT2D eigenvalue weighted by atomic mass is 31.2. The summed E-state index contributed by atoms with van der Waals surface area (Å²) >= 11 is 0. The van der Waals surface area contributed by atoms with Crippen LogP contribution < -0.4 is 5.73 Å². The normalized spacial score (nSPS) is 19.5. The van der Waals surface area contributed by atoms with Gasteiger partial charge in [0.05, 0.1) is 12.9 Å². The Morgan fingerprint density at radius 2 is 2.24 bits per heavy atom. The van der Waals surface area contributed by atoms with Gasteiger partial charge >= 0.3 is 7.60 Å². The fraction of sp³-hybridized carbons (Fsp3) is 0.500. The number of nitrogens with two attached hydrogens (primary N) is 1.